The number of carbonyl (C=O) groups excluding carboxylic acids is 1. The van der Waals surface area contributed by atoms with Gasteiger partial charge in [-0.05, 0) is 38.1 Å². The highest BCUT2D eigenvalue weighted by molar-refractivity contribution is 8.00. The molecule has 112 valence electrons. The Balaban J connectivity index is 1.88. The van der Waals surface area contributed by atoms with E-state index in [1.54, 1.807) is 30.0 Å². The molecule has 0 unspecified atom stereocenters. The van der Waals surface area contributed by atoms with Crippen molar-refractivity contribution in [2.45, 2.75) is 18.1 Å². The quantitative estimate of drug-likeness (QED) is 0.870. The van der Waals surface area contributed by atoms with Gasteiger partial charge in [0.15, 0.2) is 0 Å². The molecule has 1 heterocycles. The Morgan fingerprint density at radius 2 is 2.29 bits per heavy atom. The van der Waals surface area contributed by atoms with Gasteiger partial charge in [-0.2, -0.15) is 5.26 Å². The van der Waals surface area contributed by atoms with Crippen LogP contribution in [0.3, 0.4) is 0 Å². The summed E-state index contributed by atoms with van der Waals surface area (Å²) in [7, 11) is 1.52. The molecule has 2 rings (SSSR count). The third kappa shape index (κ3) is 4.66. The highest BCUT2D eigenvalue weighted by Crippen LogP contribution is 2.26. The Hall–Kier alpha value is -1.71. The third-order valence-electron chi connectivity index (χ3n) is 3.34. The standard InChI is InChI=1S/C15H19N3O2S/c1-20-14-8-11(9-16)2-3-13(14)18-15(19)10-21-12-4-6-17-7-5-12/h2-3,8,12,17H,4-7,10H2,1H3,(H,18,19). The SMILES string of the molecule is COc1cc(C#N)ccc1NC(=O)CSC1CCNCC1. The summed E-state index contributed by atoms with van der Waals surface area (Å²) in [6, 6.07) is 7.03. The second-order valence-electron chi connectivity index (χ2n) is 4.84. The van der Waals surface area contributed by atoms with Crippen LogP contribution >= 0.6 is 11.8 Å². The van der Waals surface area contributed by atoms with Gasteiger partial charge in [0.1, 0.15) is 5.75 Å². The molecule has 21 heavy (non-hydrogen) atoms. The average molecular weight is 305 g/mol. The number of rotatable bonds is 5. The van der Waals surface area contributed by atoms with Crippen molar-refractivity contribution in [3.05, 3.63) is 23.8 Å². The van der Waals surface area contributed by atoms with Crippen molar-refractivity contribution in [1.29, 1.82) is 5.26 Å². The minimum Gasteiger partial charge on any atom is -0.495 e. The van der Waals surface area contributed by atoms with E-state index < -0.39 is 0 Å². The molecule has 5 nitrogen and oxygen atoms in total. The van der Waals surface area contributed by atoms with Crippen molar-refractivity contribution in [3.8, 4) is 11.8 Å². The van der Waals surface area contributed by atoms with Crippen LogP contribution in [0, 0.1) is 11.3 Å². The topological polar surface area (TPSA) is 74.1 Å². The maximum Gasteiger partial charge on any atom is 0.234 e. The average Bonchev–Trinajstić information content (AvgIpc) is 2.54. The predicted molar refractivity (Wildman–Crippen MR) is 84.7 cm³/mol. The van der Waals surface area contributed by atoms with Crippen LogP contribution < -0.4 is 15.4 Å². The lowest BCUT2D eigenvalue weighted by atomic mass is 10.2. The van der Waals surface area contributed by atoms with E-state index >= 15 is 0 Å². The van der Waals surface area contributed by atoms with E-state index in [0.717, 1.165) is 25.9 Å². The summed E-state index contributed by atoms with van der Waals surface area (Å²) in [5.74, 6) is 0.907. The summed E-state index contributed by atoms with van der Waals surface area (Å²) in [6.45, 7) is 2.06. The number of nitrogens with zero attached hydrogens (tertiary/aromatic N) is 1. The van der Waals surface area contributed by atoms with E-state index in [9.17, 15) is 4.79 Å². The number of benzene rings is 1. The number of nitrogens with one attached hydrogen (secondary N) is 2. The molecule has 0 radical (unpaired) electrons. The van der Waals surface area contributed by atoms with E-state index in [2.05, 4.69) is 10.6 Å². The molecule has 0 saturated carbocycles. The maximum atomic E-state index is 12.0. The van der Waals surface area contributed by atoms with Gasteiger partial charge in [-0.3, -0.25) is 4.79 Å². The number of hydrogen-bond acceptors (Lipinski definition) is 5. The Labute approximate surface area is 129 Å². The van der Waals surface area contributed by atoms with Gasteiger partial charge >= 0.3 is 0 Å². The van der Waals surface area contributed by atoms with Gasteiger partial charge in [-0.15, -0.1) is 11.8 Å². The number of nitriles is 1. The van der Waals surface area contributed by atoms with Gasteiger partial charge < -0.3 is 15.4 Å². The molecular formula is C15H19N3O2S. The van der Waals surface area contributed by atoms with Gasteiger partial charge in [-0.25, -0.2) is 0 Å². The Bertz CT molecular complexity index is 536. The first-order chi connectivity index (χ1) is 10.2. The van der Waals surface area contributed by atoms with Gasteiger partial charge in [0.05, 0.1) is 30.2 Å². The summed E-state index contributed by atoms with van der Waals surface area (Å²) in [5.41, 5.74) is 1.11. The van der Waals surface area contributed by atoms with Crippen molar-refractivity contribution in [1.82, 2.24) is 5.32 Å². The lowest BCUT2D eigenvalue weighted by molar-refractivity contribution is -0.113. The molecule has 0 bridgehead atoms. The van der Waals surface area contributed by atoms with Crippen LogP contribution in [0.1, 0.15) is 18.4 Å². The predicted octanol–water partition coefficient (Wildman–Crippen LogP) is 1.99. The fourth-order valence-electron chi connectivity index (χ4n) is 2.21. The van der Waals surface area contributed by atoms with Gasteiger partial charge in [0.2, 0.25) is 5.91 Å². The number of methoxy groups -OCH3 is 1. The van der Waals surface area contributed by atoms with Crippen molar-refractivity contribution < 1.29 is 9.53 Å². The number of amides is 1. The van der Waals surface area contributed by atoms with Crippen LogP contribution in [0.25, 0.3) is 0 Å². The van der Waals surface area contributed by atoms with Crippen molar-refractivity contribution in [2.24, 2.45) is 0 Å². The molecule has 0 aromatic heterocycles. The van der Waals surface area contributed by atoms with Gasteiger partial charge in [0.25, 0.3) is 0 Å². The van der Waals surface area contributed by atoms with E-state index in [1.165, 1.54) is 7.11 Å². The van der Waals surface area contributed by atoms with Crippen LogP contribution in [0.5, 0.6) is 5.75 Å². The van der Waals surface area contributed by atoms with Crippen molar-refractivity contribution >= 4 is 23.4 Å². The highest BCUT2D eigenvalue weighted by atomic mass is 32.2. The molecule has 1 amide bonds. The minimum atomic E-state index is -0.0402. The van der Waals surface area contributed by atoms with Gasteiger partial charge in [-0.1, -0.05) is 0 Å². The molecule has 0 spiro atoms. The molecule has 1 aromatic rings. The zero-order valence-electron chi connectivity index (χ0n) is 12.0. The van der Waals surface area contributed by atoms with Crippen LogP contribution in [0.15, 0.2) is 18.2 Å². The van der Waals surface area contributed by atoms with Crippen molar-refractivity contribution in [3.63, 3.8) is 0 Å². The second-order valence-corrected chi connectivity index (χ2v) is 6.12. The molecule has 1 aliphatic rings. The zero-order valence-corrected chi connectivity index (χ0v) is 12.8. The largest absolute Gasteiger partial charge is 0.495 e. The molecule has 6 heteroatoms. The molecule has 0 aliphatic carbocycles. The molecular weight excluding hydrogens is 286 g/mol. The van der Waals surface area contributed by atoms with E-state index in [4.69, 9.17) is 10.00 Å². The zero-order chi connectivity index (χ0) is 15.1. The number of piperidine rings is 1. The number of thioether (sulfide) groups is 1. The fraction of sp³-hybridized carbons (Fsp3) is 0.467. The molecule has 1 aliphatic heterocycles. The molecule has 1 saturated heterocycles. The van der Waals surface area contributed by atoms with Crippen LogP contribution in [-0.2, 0) is 4.79 Å². The third-order valence-corrected chi connectivity index (χ3v) is 4.71. The lowest BCUT2D eigenvalue weighted by Crippen LogP contribution is -2.30. The molecule has 1 fully saturated rings. The Morgan fingerprint density at radius 3 is 2.95 bits per heavy atom. The minimum absolute atomic E-state index is 0.0402. The first-order valence-corrected chi connectivity index (χ1v) is 7.98. The normalized spacial score (nSPS) is 15.2. The summed E-state index contributed by atoms with van der Waals surface area (Å²) in [4.78, 5) is 12.0. The monoisotopic (exact) mass is 305 g/mol. The summed E-state index contributed by atoms with van der Waals surface area (Å²) >= 11 is 1.70. The summed E-state index contributed by atoms with van der Waals surface area (Å²) in [6.07, 6.45) is 2.22. The summed E-state index contributed by atoms with van der Waals surface area (Å²) < 4.78 is 5.20. The number of hydrogen-bond donors (Lipinski definition) is 2. The number of anilines is 1. The fourth-order valence-corrected chi connectivity index (χ4v) is 3.23. The van der Waals surface area contributed by atoms with Crippen LogP contribution in [-0.4, -0.2) is 37.1 Å². The Kier molecular flexibility index (Phi) is 5.90. The van der Waals surface area contributed by atoms with Crippen LogP contribution in [0.2, 0.25) is 0 Å². The van der Waals surface area contributed by atoms with Gasteiger partial charge in [0, 0.05) is 11.3 Å². The van der Waals surface area contributed by atoms with E-state index in [0.29, 0.717) is 28.0 Å². The number of ether oxygens (including phenoxy) is 1. The number of carbonyl (C=O) groups is 1. The van der Waals surface area contributed by atoms with Crippen LogP contribution in [0.4, 0.5) is 5.69 Å². The highest BCUT2D eigenvalue weighted by Gasteiger charge is 2.15. The second kappa shape index (κ2) is 7.91. The first kappa shape index (κ1) is 15.7. The first-order valence-electron chi connectivity index (χ1n) is 6.93. The summed E-state index contributed by atoms with van der Waals surface area (Å²) in [5, 5.41) is 15.6. The maximum absolute atomic E-state index is 12.0. The Morgan fingerprint density at radius 1 is 1.52 bits per heavy atom. The van der Waals surface area contributed by atoms with E-state index in [1.807, 2.05) is 6.07 Å². The molecule has 0 atom stereocenters. The molecule has 2 N–H and O–H groups in total. The smallest absolute Gasteiger partial charge is 0.234 e. The molecule has 1 aromatic carbocycles. The lowest BCUT2D eigenvalue weighted by Gasteiger charge is -2.21. The van der Waals surface area contributed by atoms with E-state index in [-0.39, 0.29) is 5.91 Å². The van der Waals surface area contributed by atoms with Crippen molar-refractivity contribution in [2.75, 3.05) is 31.3 Å².